The summed E-state index contributed by atoms with van der Waals surface area (Å²) in [5.74, 6) is 0. The summed E-state index contributed by atoms with van der Waals surface area (Å²) < 4.78 is 1.05. The van der Waals surface area contributed by atoms with Crippen molar-refractivity contribution in [2.75, 3.05) is 7.05 Å². The van der Waals surface area contributed by atoms with Crippen molar-refractivity contribution in [3.05, 3.63) is 28.5 Å². The monoisotopic (exact) mass is 270 g/mol. The van der Waals surface area contributed by atoms with Crippen LogP contribution in [0.25, 0.3) is 0 Å². The second-order valence-electron chi connectivity index (χ2n) is 3.78. The summed E-state index contributed by atoms with van der Waals surface area (Å²) in [4.78, 5) is 4.37. The average molecular weight is 271 g/mol. The highest BCUT2D eigenvalue weighted by Crippen LogP contribution is 2.10. The van der Waals surface area contributed by atoms with Gasteiger partial charge in [-0.2, -0.15) is 0 Å². The van der Waals surface area contributed by atoms with E-state index in [-0.39, 0.29) is 0 Å². The van der Waals surface area contributed by atoms with E-state index >= 15 is 0 Å². The lowest BCUT2D eigenvalue weighted by Gasteiger charge is -2.14. The molecule has 84 valence electrons. The number of nitrogens with one attached hydrogen (secondary N) is 1. The number of aryl methyl sites for hydroxylation is 1. The Balaban J connectivity index is 2.38. The van der Waals surface area contributed by atoms with Gasteiger partial charge in [0, 0.05) is 22.4 Å². The van der Waals surface area contributed by atoms with Crippen molar-refractivity contribution in [1.82, 2.24) is 10.3 Å². The van der Waals surface area contributed by atoms with Gasteiger partial charge in [-0.25, -0.2) is 0 Å². The quantitative estimate of drug-likeness (QED) is 0.859. The molecule has 0 aliphatic heterocycles. The van der Waals surface area contributed by atoms with Crippen LogP contribution in [0, 0.1) is 0 Å². The highest BCUT2D eigenvalue weighted by molar-refractivity contribution is 9.10. The van der Waals surface area contributed by atoms with Crippen LogP contribution in [0.4, 0.5) is 0 Å². The Bertz CT molecular complexity index is 271. The van der Waals surface area contributed by atoms with Crippen molar-refractivity contribution in [2.24, 2.45) is 0 Å². The maximum atomic E-state index is 4.37. The molecule has 1 aromatic heterocycles. The third-order valence-electron chi connectivity index (χ3n) is 2.58. The molecule has 15 heavy (non-hydrogen) atoms. The fourth-order valence-corrected chi connectivity index (χ4v) is 1.89. The summed E-state index contributed by atoms with van der Waals surface area (Å²) >= 11 is 3.39. The molecular formula is C12H19BrN2. The van der Waals surface area contributed by atoms with Gasteiger partial charge in [0.05, 0.1) is 0 Å². The zero-order valence-electron chi connectivity index (χ0n) is 9.46. The topological polar surface area (TPSA) is 24.9 Å². The zero-order valence-corrected chi connectivity index (χ0v) is 11.0. The largest absolute Gasteiger partial charge is 0.317 e. The van der Waals surface area contributed by atoms with E-state index in [0.29, 0.717) is 6.04 Å². The van der Waals surface area contributed by atoms with Crippen LogP contribution in [-0.2, 0) is 6.42 Å². The second-order valence-corrected chi connectivity index (χ2v) is 4.70. The summed E-state index contributed by atoms with van der Waals surface area (Å²) in [6.45, 7) is 2.22. The lowest BCUT2D eigenvalue weighted by atomic mass is 10.1. The van der Waals surface area contributed by atoms with Crippen molar-refractivity contribution >= 4 is 15.9 Å². The van der Waals surface area contributed by atoms with Crippen molar-refractivity contribution in [2.45, 2.75) is 38.6 Å². The molecule has 1 aromatic rings. The molecule has 1 N–H and O–H groups in total. The average Bonchev–Trinajstić information content (AvgIpc) is 2.26. The van der Waals surface area contributed by atoms with Crippen LogP contribution in [0.2, 0.25) is 0 Å². The predicted octanol–water partition coefficient (Wildman–Crippen LogP) is 3.16. The first-order valence-corrected chi connectivity index (χ1v) is 6.33. The maximum absolute atomic E-state index is 4.37. The van der Waals surface area contributed by atoms with E-state index < -0.39 is 0 Å². The van der Waals surface area contributed by atoms with Gasteiger partial charge in [0.2, 0.25) is 0 Å². The Labute approximate surface area is 101 Å². The van der Waals surface area contributed by atoms with E-state index in [2.05, 4.69) is 45.3 Å². The molecule has 0 aromatic carbocycles. The molecule has 1 rings (SSSR count). The molecule has 1 heterocycles. The Kier molecular flexibility index (Phi) is 5.88. The van der Waals surface area contributed by atoms with Gasteiger partial charge in [0.25, 0.3) is 0 Å². The number of nitrogens with zero attached hydrogens (tertiary/aromatic N) is 1. The number of halogens is 1. The lowest BCUT2D eigenvalue weighted by molar-refractivity contribution is 0.482. The minimum absolute atomic E-state index is 0.625. The van der Waals surface area contributed by atoms with E-state index in [1.807, 2.05) is 13.2 Å². The normalized spacial score (nSPS) is 12.7. The Hall–Kier alpha value is -0.410. The van der Waals surface area contributed by atoms with E-state index in [4.69, 9.17) is 0 Å². The molecule has 0 aliphatic rings. The van der Waals surface area contributed by atoms with Crippen molar-refractivity contribution < 1.29 is 0 Å². The number of pyridine rings is 1. The molecule has 2 nitrogen and oxygen atoms in total. The van der Waals surface area contributed by atoms with Crippen LogP contribution < -0.4 is 5.32 Å². The van der Waals surface area contributed by atoms with Crippen LogP contribution in [0.15, 0.2) is 22.8 Å². The van der Waals surface area contributed by atoms with Gasteiger partial charge in [0.15, 0.2) is 0 Å². The minimum Gasteiger partial charge on any atom is -0.317 e. The standard InChI is InChI=1S/C12H19BrN2/c1-3-4-11(14-2)7-8-12-6-5-10(13)9-15-12/h5-6,9,11,14H,3-4,7-8H2,1-2H3. The van der Waals surface area contributed by atoms with Gasteiger partial charge in [-0.05, 0) is 54.4 Å². The number of hydrogen-bond donors (Lipinski definition) is 1. The van der Waals surface area contributed by atoms with Crippen LogP contribution in [0.5, 0.6) is 0 Å². The first-order chi connectivity index (χ1) is 7.26. The summed E-state index contributed by atoms with van der Waals surface area (Å²) in [7, 11) is 2.04. The Morgan fingerprint density at radius 1 is 1.40 bits per heavy atom. The van der Waals surface area contributed by atoms with Crippen LogP contribution in [-0.4, -0.2) is 18.1 Å². The van der Waals surface area contributed by atoms with Gasteiger partial charge >= 0.3 is 0 Å². The molecule has 0 spiro atoms. The van der Waals surface area contributed by atoms with E-state index in [9.17, 15) is 0 Å². The lowest BCUT2D eigenvalue weighted by Crippen LogP contribution is -2.25. The SMILES string of the molecule is CCCC(CCc1ccc(Br)cn1)NC. The summed E-state index contributed by atoms with van der Waals surface area (Å²) in [6, 6.07) is 4.76. The number of aromatic nitrogens is 1. The fourth-order valence-electron chi connectivity index (χ4n) is 1.66. The van der Waals surface area contributed by atoms with Crippen LogP contribution >= 0.6 is 15.9 Å². The molecule has 1 unspecified atom stereocenters. The van der Waals surface area contributed by atoms with E-state index in [0.717, 1.165) is 10.9 Å². The molecule has 0 bridgehead atoms. The van der Waals surface area contributed by atoms with Gasteiger partial charge in [0.1, 0.15) is 0 Å². The molecule has 0 saturated carbocycles. The van der Waals surface area contributed by atoms with Crippen molar-refractivity contribution in [3.8, 4) is 0 Å². The first kappa shape index (κ1) is 12.7. The smallest absolute Gasteiger partial charge is 0.0413 e. The molecule has 0 amide bonds. The highest BCUT2D eigenvalue weighted by Gasteiger charge is 2.05. The van der Waals surface area contributed by atoms with Gasteiger partial charge in [-0.15, -0.1) is 0 Å². The van der Waals surface area contributed by atoms with E-state index in [1.165, 1.54) is 25.0 Å². The zero-order chi connectivity index (χ0) is 11.1. The van der Waals surface area contributed by atoms with E-state index in [1.54, 1.807) is 0 Å². The molecule has 0 aliphatic carbocycles. The Morgan fingerprint density at radius 3 is 2.73 bits per heavy atom. The first-order valence-electron chi connectivity index (χ1n) is 5.54. The van der Waals surface area contributed by atoms with Gasteiger partial charge in [-0.1, -0.05) is 13.3 Å². The predicted molar refractivity (Wildman–Crippen MR) is 68.0 cm³/mol. The number of hydrogen-bond acceptors (Lipinski definition) is 2. The Morgan fingerprint density at radius 2 is 2.20 bits per heavy atom. The summed E-state index contributed by atoms with van der Waals surface area (Å²) in [6.07, 6.45) is 6.56. The van der Waals surface area contributed by atoms with Gasteiger partial charge < -0.3 is 5.32 Å². The molecule has 0 radical (unpaired) electrons. The minimum atomic E-state index is 0.625. The second kappa shape index (κ2) is 6.96. The molecule has 3 heteroatoms. The fraction of sp³-hybridized carbons (Fsp3) is 0.583. The van der Waals surface area contributed by atoms with Crippen LogP contribution in [0.3, 0.4) is 0 Å². The summed E-state index contributed by atoms with van der Waals surface area (Å²) in [5, 5.41) is 3.35. The van der Waals surface area contributed by atoms with Crippen molar-refractivity contribution in [1.29, 1.82) is 0 Å². The number of rotatable bonds is 6. The third-order valence-corrected chi connectivity index (χ3v) is 3.05. The summed E-state index contributed by atoms with van der Waals surface area (Å²) in [5.41, 5.74) is 1.18. The maximum Gasteiger partial charge on any atom is 0.0413 e. The molecule has 1 atom stereocenters. The van der Waals surface area contributed by atoms with Crippen molar-refractivity contribution in [3.63, 3.8) is 0 Å². The molecule has 0 fully saturated rings. The van der Waals surface area contributed by atoms with Gasteiger partial charge in [-0.3, -0.25) is 4.98 Å². The highest BCUT2D eigenvalue weighted by atomic mass is 79.9. The molecule has 0 saturated heterocycles. The van der Waals surface area contributed by atoms with Crippen LogP contribution in [0.1, 0.15) is 31.9 Å². The molecular weight excluding hydrogens is 252 g/mol. The third kappa shape index (κ3) is 4.76.